The van der Waals surface area contributed by atoms with E-state index in [0.29, 0.717) is 49.0 Å². The number of likely N-dealkylation sites (tertiary alicyclic amines) is 1. The number of ether oxygens (including phenoxy) is 4. The van der Waals surface area contributed by atoms with Gasteiger partial charge in [-0.05, 0) is 68.9 Å². The van der Waals surface area contributed by atoms with E-state index in [1.165, 1.54) is 17.4 Å². The lowest BCUT2D eigenvalue weighted by molar-refractivity contribution is -0.146. The molecule has 62 heavy (non-hydrogen) atoms. The van der Waals surface area contributed by atoms with Crippen LogP contribution in [0.2, 0.25) is 0 Å². The Balaban J connectivity index is 1.05. The molecule has 0 spiro atoms. The molecule has 9 atom stereocenters. The van der Waals surface area contributed by atoms with Crippen molar-refractivity contribution in [2.24, 2.45) is 23.2 Å². The average molecular weight is 859 g/mol. The van der Waals surface area contributed by atoms with Crippen molar-refractivity contribution < 1.29 is 43.2 Å². The van der Waals surface area contributed by atoms with Crippen LogP contribution in [0.3, 0.4) is 0 Å². The number of carboxylic acids is 1. The monoisotopic (exact) mass is 858 g/mol. The van der Waals surface area contributed by atoms with Crippen molar-refractivity contribution in [2.45, 2.75) is 109 Å². The van der Waals surface area contributed by atoms with Gasteiger partial charge in [-0.1, -0.05) is 26.8 Å². The largest absolute Gasteiger partial charge is 0.492 e. The van der Waals surface area contributed by atoms with E-state index >= 15 is 0 Å². The van der Waals surface area contributed by atoms with Crippen molar-refractivity contribution in [3.8, 4) is 5.75 Å². The van der Waals surface area contributed by atoms with E-state index in [9.17, 15) is 24.3 Å². The molecule has 3 aliphatic heterocycles. The second-order valence-electron chi connectivity index (χ2n) is 19.1. The number of aliphatic carboxylic acids is 1. The van der Waals surface area contributed by atoms with E-state index in [0.717, 1.165) is 43.7 Å². The van der Waals surface area contributed by atoms with Crippen LogP contribution in [-0.4, -0.2) is 130 Å². The Kier molecular flexibility index (Phi) is 12.2. The third kappa shape index (κ3) is 9.53. The molecule has 3 aliphatic carbocycles. The number of hydrogen-bond acceptors (Lipinski definition) is 12. The first-order chi connectivity index (χ1) is 29.6. The molecule has 4 heterocycles. The molecular weight excluding hydrogens is 797 g/mol. The first kappa shape index (κ1) is 43.4. The molecule has 0 bridgehead atoms. The second kappa shape index (κ2) is 17.5. The molecule has 2 saturated heterocycles. The van der Waals surface area contributed by atoms with Crippen molar-refractivity contribution in [1.82, 2.24) is 30.2 Å². The number of morpholine rings is 1. The van der Waals surface area contributed by atoms with Crippen molar-refractivity contribution in [3.63, 3.8) is 0 Å². The van der Waals surface area contributed by atoms with E-state index < -0.39 is 65.1 Å². The second-order valence-corrected chi connectivity index (χ2v) is 19.1. The summed E-state index contributed by atoms with van der Waals surface area (Å²) >= 11 is 0. The number of rotatable bonds is 16. The fraction of sp³-hybridized carbons (Fsp3) is 0.622. The number of hydrogen-bond donors (Lipinski definition) is 5. The summed E-state index contributed by atoms with van der Waals surface area (Å²) in [4.78, 5) is 58.6. The summed E-state index contributed by atoms with van der Waals surface area (Å²) in [6.07, 6.45) is 6.35. The van der Waals surface area contributed by atoms with Crippen molar-refractivity contribution in [3.05, 3.63) is 54.8 Å². The molecule has 3 unspecified atom stereocenters. The maximum atomic E-state index is 14.8. The summed E-state index contributed by atoms with van der Waals surface area (Å²) in [5, 5.41) is 27.5. The van der Waals surface area contributed by atoms with Crippen LogP contribution in [0.5, 0.6) is 5.75 Å². The fourth-order valence-electron chi connectivity index (χ4n) is 9.36. The zero-order valence-electron chi connectivity index (χ0n) is 36.4. The summed E-state index contributed by atoms with van der Waals surface area (Å²) in [7, 11) is 0. The molecule has 2 aromatic rings. The number of carbonyl (C=O) groups excluding carboxylic acids is 3. The maximum absolute atomic E-state index is 14.8. The molecule has 3 saturated carbocycles. The highest BCUT2D eigenvalue weighted by molar-refractivity contribution is 5.96. The number of aromatic nitrogens is 2. The Morgan fingerprint density at radius 3 is 2.52 bits per heavy atom. The van der Waals surface area contributed by atoms with Gasteiger partial charge in [0.05, 0.1) is 25.4 Å². The van der Waals surface area contributed by atoms with Gasteiger partial charge in [0, 0.05) is 68.0 Å². The summed E-state index contributed by atoms with van der Waals surface area (Å²) < 4.78 is 26.1. The molecule has 336 valence electrons. The van der Waals surface area contributed by atoms with Gasteiger partial charge >= 0.3 is 12.1 Å². The van der Waals surface area contributed by atoms with E-state index in [2.05, 4.69) is 32.7 Å². The highest BCUT2D eigenvalue weighted by atomic mass is 16.6. The molecule has 5 fully saturated rings. The van der Waals surface area contributed by atoms with Crippen molar-refractivity contribution in [2.75, 3.05) is 56.6 Å². The number of anilines is 2. The number of fused-ring (bicyclic) bond motifs is 2. The van der Waals surface area contributed by atoms with Crippen LogP contribution >= 0.6 is 0 Å². The third-order valence-electron chi connectivity index (χ3n) is 13.0. The molecule has 17 heteroatoms. The van der Waals surface area contributed by atoms with Crippen LogP contribution in [-0.2, 0) is 28.6 Å². The SMILES string of the molecule is C=C[C@@H]1C[C@]1(NC(=O)[C@@H]1C[C@@H](OC2=CC(n3ccc(NC(C)C)n3)Nc3cc(OCCN4CCOCC4)ccc32)CN1C(=O)[C@@H](NC(=O)OC1CC2C[C@H]2C1)C(C)(C)C)C(=O)O. The zero-order valence-corrected chi connectivity index (χ0v) is 36.4. The minimum absolute atomic E-state index is 0.00506. The Bertz CT molecular complexity index is 2050. The van der Waals surface area contributed by atoms with Crippen LogP contribution in [0.1, 0.15) is 78.5 Å². The smallest absolute Gasteiger partial charge is 0.408 e. The van der Waals surface area contributed by atoms with Gasteiger partial charge in [0.1, 0.15) is 59.9 Å². The number of carbonyl (C=O) groups is 4. The van der Waals surface area contributed by atoms with Gasteiger partial charge < -0.3 is 50.2 Å². The number of nitrogens with one attached hydrogen (secondary N) is 4. The number of amides is 3. The van der Waals surface area contributed by atoms with Crippen LogP contribution < -0.4 is 26.0 Å². The lowest BCUT2D eigenvalue weighted by Gasteiger charge is -2.35. The molecular formula is C45H62N8O9. The lowest BCUT2D eigenvalue weighted by Crippen LogP contribution is -2.59. The topological polar surface area (TPSA) is 198 Å². The minimum atomic E-state index is -1.52. The first-order valence-corrected chi connectivity index (χ1v) is 22.1. The molecule has 1 aromatic heterocycles. The summed E-state index contributed by atoms with van der Waals surface area (Å²) in [6.45, 7) is 17.8. The zero-order chi connectivity index (χ0) is 43.9. The highest BCUT2D eigenvalue weighted by Crippen LogP contribution is 2.52. The van der Waals surface area contributed by atoms with Crippen molar-refractivity contribution in [1.29, 1.82) is 0 Å². The van der Waals surface area contributed by atoms with E-state index in [1.807, 2.05) is 71.2 Å². The summed E-state index contributed by atoms with van der Waals surface area (Å²) in [6, 6.07) is 5.65. The highest BCUT2D eigenvalue weighted by Gasteiger charge is 2.61. The molecule has 5 N–H and O–H groups in total. The van der Waals surface area contributed by atoms with Gasteiger partial charge in [0.25, 0.3) is 0 Å². The summed E-state index contributed by atoms with van der Waals surface area (Å²) in [5.41, 5.74) is -0.801. The number of alkyl carbamates (subject to hydrolysis) is 1. The van der Waals surface area contributed by atoms with Crippen LogP contribution in [0.15, 0.2) is 49.2 Å². The first-order valence-electron chi connectivity index (χ1n) is 22.1. The van der Waals surface area contributed by atoms with E-state index in [-0.39, 0.29) is 31.5 Å². The number of carboxylic acid groups (broad SMARTS) is 1. The van der Waals surface area contributed by atoms with Gasteiger partial charge in [-0.25, -0.2) is 14.3 Å². The maximum Gasteiger partial charge on any atom is 0.408 e. The summed E-state index contributed by atoms with van der Waals surface area (Å²) in [5.74, 6) is 0.371. The predicted octanol–water partition coefficient (Wildman–Crippen LogP) is 4.45. The molecule has 0 radical (unpaired) electrons. The fourth-order valence-corrected chi connectivity index (χ4v) is 9.36. The molecule has 6 aliphatic rings. The Morgan fingerprint density at radius 2 is 1.84 bits per heavy atom. The van der Waals surface area contributed by atoms with Crippen molar-refractivity contribution >= 4 is 41.1 Å². The van der Waals surface area contributed by atoms with Gasteiger partial charge in [-0.15, -0.1) is 6.58 Å². The van der Waals surface area contributed by atoms with E-state index in [4.69, 9.17) is 24.0 Å². The third-order valence-corrected chi connectivity index (χ3v) is 13.0. The number of nitrogens with zero attached hydrogens (tertiary/aromatic N) is 4. The Morgan fingerprint density at radius 1 is 1.08 bits per heavy atom. The molecule has 8 rings (SSSR count). The van der Waals surface area contributed by atoms with Gasteiger partial charge in [-0.2, -0.15) is 5.10 Å². The van der Waals surface area contributed by atoms with Gasteiger partial charge in [-0.3, -0.25) is 14.5 Å². The normalized spacial score (nSPS) is 29.3. The average Bonchev–Trinajstić information content (AvgIpc) is 3.89. The predicted molar refractivity (Wildman–Crippen MR) is 230 cm³/mol. The number of benzene rings is 1. The minimum Gasteiger partial charge on any atom is -0.492 e. The van der Waals surface area contributed by atoms with Gasteiger partial charge in [0.2, 0.25) is 11.8 Å². The Hall–Kier alpha value is -5.29. The molecule has 17 nitrogen and oxygen atoms in total. The van der Waals surface area contributed by atoms with Gasteiger partial charge in [0.15, 0.2) is 0 Å². The van der Waals surface area contributed by atoms with E-state index in [1.54, 1.807) is 4.68 Å². The van der Waals surface area contributed by atoms with Crippen LogP contribution in [0, 0.1) is 23.2 Å². The lowest BCUT2D eigenvalue weighted by atomic mass is 9.85. The van der Waals surface area contributed by atoms with Crippen LogP contribution in [0.25, 0.3) is 5.76 Å². The molecule has 3 amide bonds. The standard InChI is InChI=1S/C45H62N8O9/c1-7-29-24-45(29,42(56)57)49-40(54)35-22-32(25-52(35)41(55)39(44(4,5)6)48-43(58)62-31-19-27-18-28(27)20-31)61-36-23-38(53-11-10-37(50-53)46-26(2)3)47-34-21-30(8-9-33(34)36)60-17-14-51-12-15-59-16-13-51/h7-11,21,23,26-29,31-32,35,38-39,47H,1,12-20,22,24-25H2,2-6H3,(H,46,50)(H,48,58)(H,49,54)(H,56,57)/t27-,28?,29+,31?,32+,35-,38?,39+,45+/m0/s1. The molecule has 1 aromatic carbocycles. The quantitative estimate of drug-likeness (QED) is 0.149. The van der Waals surface area contributed by atoms with Crippen LogP contribution in [0.4, 0.5) is 16.3 Å². The Labute approximate surface area is 362 Å².